The van der Waals surface area contributed by atoms with Crippen LogP contribution in [0, 0.1) is 11.6 Å². The topological polar surface area (TPSA) is 78.5 Å². The van der Waals surface area contributed by atoms with Crippen LogP contribution in [0.15, 0.2) is 47.4 Å². The molecular formula is C21H25F2N3O3S. The van der Waals surface area contributed by atoms with Crippen LogP contribution in [0.3, 0.4) is 0 Å². The lowest BCUT2D eigenvalue weighted by molar-refractivity contribution is 0.0908. The molecule has 0 aliphatic carbocycles. The molecule has 162 valence electrons. The lowest BCUT2D eigenvalue weighted by Crippen LogP contribution is -2.44. The average molecular weight is 438 g/mol. The van der Waals surface area contributed by atoms with Gasteiger partial charge in [0, 0.05) is 37.8 Å². The van der Waals surface area contributed by atoms with E-state index in [0.717, 1.165) is 32.0 Å². The Morgan fingerprint density at radius 3 is 2.33 bits per heavy atom. The van der Waals surface area contributed by atoms with Crippen LogP contribution in [0.1, 0.15) is 35.7 Å². The van der Waals surface area contributed by atoms with Crippen molar-refractivity contribution < 1.29 is 22.0 Å². The maximum absolute atomic E-state index is 13.4. The summed E-state index contributed by atoms with van der Waals surface area (Å²) in [6.07, 6.45) is 1.48. The molecule has 1 saturated heterocycles. The SMILES string of the molecule is CCNS(=O)(=O)c1ccc(C(=O)NC2CCN(Cc3ccc(F)c(F)c3)CC2)cc1. The molecule has 2 N–H and O–H groups in total. The average Bonchev–Trinajstić information content (AvgIpc) is 2.72. The number of carbonyl (C=O) groups is 1. The molecule has 0 atom stereocenters. The van der Waals surface area contributed by atoms with Crippen molar-refractivity contribution in [2.45, 2.75) is 37.2 Å². The van der Waals surface area contributed by atoms with E-state index in [4.69, 9.17) is 0 Å². The molecule has 1 aliphatic heterocycles. The monoisotopic (exact) mass is 437 g/mol. The number of piperidine rings is 1. The molecule has 1 aliphatic rings. The predicted molar refractivity (Wildman–Crippen MR) is 109 cm³/mol. The number of nitrogens with one attached hydrogen (secondary N) is 2. The third-order valence-electron chi connectivity index (χ3n) is 5.07. The van der Waals surface area contributed by atoms with Crippen molar-refractivity contribution in [1.29, 1.82) is 0 Å². The first-order valence-corrected chi connectivity index (χ1v) is 11.3. The summed E-state index contributed by atoms with van der Waals surface area (Å²) in [6, 6.07) is 9.75. The molecule has 1 amide bonds. The van der Waals surface area contributed by atoms with Crippen LogP contribution in [0.25, 0.3) is 0 Å². The molecular weight excluding hydrogens is 412 g/mol. The molecule has 0 aromatic heterocycles. The Kier molecular flexibility index (Phi) is 7.17. The highest BCUT2D eigenvalue weighted by molar-refractivity contribution is 7.89. The number of carbonyl (C=O) groups excluding carboxylic acids is 1. The Morgan fingerprint density at radius 2 is 1.73 bits per heavy atom. The Balaban J connectivity index is 1.50. The van der Waals surface area contributed by atoms with Crippen LogP contribution in [-0.2, 0) is 16.6 Å². The van der Waals surface area contributed by atoms with Crippen molar-refractivity contribution in [1.82, 2.24) is 14.9 Å². The largest absolute Gasteiger partial charge is 0.349 e. The second kappa shape index (κ2) is 9.63. The quantitative estimate of drug-likeness (QED) is 0.698. The first kappa shape index (κ1) is 22.3. The van der Waals surface area contributed by atoms with E-state index in [1.54, 1.807) is 13.0 Å². The minimum absolute atomic E-state index is 0.00358. The fraction of sp³-hybridized carbons (Fsp3) is 0.381. The number of amides is 1. The molecule has 2 aromatic carbocycles. The molecule has 0 spiro atoms. The van der Waals surface area contributed by atoms with Gasteiger partial charge in [-0.2, -0.15) is 0 Å². The lowest BCUT2D eigenvalue weighted by Gasteiger charge is -2.32. The van der Waals surface area contributed by atoms with E-state index >= 15 is 0 Å². The minimum Gasteiger partial charge on any atom is -0.349 e. The van der Waals surface area contributed by atoms with Crippen molar-refractivity contribution in [2.24, 2.45) is 0 Å². The zero-order valence-corrected chi connectivity index (χ0v) is 17.5. The first-order valence-electron chi connectivity index (χ1n) is 9.85. The number of halogens is 2. The number of benzene rings is 2. The zero-order valence-electron chi connectivity index (χ0n) is 16.7. The van der Waals surface area contributed by atoms with Crippen molar-refractivity contribution in [2.75, 3.05) is 19.6 Å². The van der Waals surface area contributed by atoms with Gasteiger partial charge in [-0.25, -0.2) is 21.9 Å². The summed E-state index contributed by atoms with van der Waals surface area (Å²) in [5, 5.41) is 2.98. The third kappa shape index (κ3) is 5.62. The normalized spacial score (nSPS) is 15.8. The number of likely N-dealkylation sites (tertiary alicyclic amines) is 1. The van der Waals surface area contributed by atoms with Gasteiger partial charge in [-0.3, -0.25) is 9.69 Å². The number of hydrogen-bond acceptors (Lipinski definition) is 4. The van der Waals surface area contributed by atoms with Crippen molar-refractivity contribution in [3.05, 3.63) is 65.2 Å². The fourth-order valence-corrected chi connectivity index (χ4v) is 4.50. The molecule has 3 rings (SSSR count). The van der Waals surface area contributed by atoms with Crippen LogP contribution in [-0.4, -0.2) is 44.9 Å². The molecule has 0 radical (unpaired) electrons. The second-order valence-corrected chi connectivity index (χ2v) is 9.07. The van der Waals surface area contributed by atoms with Gasteiger partial charge in [-0.15, -0.1) is 0 Å². The van der Waals surface area contributed by atoms with Crippen molar-refractivity contribution >= 4 is 15.9 Å². The molecule has 1 heterocycles. The number of sulfonamides is 1. The van der Waals surface area contributed by atoms with E-state index in [-0.39, 0.29) is 16.8 Å². The second-order valence-electron chi connectivity index (χ2n) is 7.30. The maximum Gasteiger partial charge on any atom is 0.251 e. The Bertz CT molecular complexity index is 989. The summed E-state index contributed by atoms with van der Waals surface area (Å²) in [6.45, 7) is 3.97. The van der Waals surface area contributed by atoms with Gasteiger partial charge in [0.15, 0.2) is 11.6 Å². The number of hydrogen-bond donors (Lipinski definition) is 2. The Morgan fingerprint density at radius 1 is 1.07 bits per heavy atom. The van der Waals surface area contributed by atoms with E-state index in [2.05, 4.69) is 14.9 Å². The molecule has 1 fully saturated rings. The van der Waals surface area contributed by atoms with Gasteiger partial charge in [-0.05, 0) is 54.8 Å². The summed E-state index contributed by atoms with van der Waals surface area (Å²) in [7, 11) is -3.55. The molecule has 0 saturated carbocycles. The summed E-state index contributed by atoms with van der Waals surface area (Å²) in [5.74, 6) is -1.95. The highest BCUT2D eigenvalue weighted by Gasteiger charge is 2.22. The molecule has 2 aromatic rings. The Labute approximate surface area is 175 Å². The predicted octanol–water partition coefficient (Wildman–Crippen LogP) is 2.66. The molecule has 9 heteroatoms. The summed E-state index contributed by atoms with van der Waals surface area (Å²) < 4.78 is 52.7. The Hall–Kier alpha value is -2.36. The van der Waals surface area contributed by atoms with E-state index in [0.29, 0.717) is 24.2 Å². The van der Waals surface area contributed by atoms with Crippen LogP contribution >= 0.6 is 0 Å². The van der Waals surface area contributed by atoms with E-state index in [1.165, 1.54) is 30.3 Å². The van der Waals surface area contributed by atoms with Crippen LogP contribution < -0.4 is 10.0 Å². The standard InChI is InChI=1S/C21H25F2N3O3S/c1-2-24-30(28,29)18-6-4-16(5-7-18)21(27)25-17-9-11-26(12-10-17)14-15-3-8-19(22)20(23)13-15/h3-8,13,17,24H,2,9-12,14H2,1H3,(H,25,27). The van der Waals surface area contributed by atoms with Crippen LogP contribution in [0.4, 0.5) is 8.78 Å². The number of nitrogens with zero attached hydrogens (tertiary/aromatic N) is 1. The van der Waals surface area contributed by atoms with E-state index < -0.39 is 21.7 Å². The van der Waals surface area contributed by atoms with Gasteiger partial charge < -0.3 is 5.32 Å². The van der Waals surface area contributed by atoms with Gasteiger partial charge in [0.1, 0.15) is 0 Å². The third-order valence-corrected chi connectivity index (χ3v) is 6.64. The molecule has 0 unspecified atom stereocenters. The van der Waals surface area contributed by atoms with Gasteiger partial charge in [0.05, 0.1) is 4.90 Å². The van der Waals surface area contributed by atoms with Crippen LogP contribution in [0.5, 0.6) is 0 Å². The van der Waals surface area contributed by atoms with E-state index in [9.17, 15) is 22.0 Å². The van der Waals surface area contributed by atoms with Crippen molar-refractivity contribution in [3.63, 3.8) is 0 Å². The summed E-state index contributed by atoms with van der Waals surface area (Å²) in [5.41, 5.74) is 1.11. The minimum atomic E-state index is -3.55. The van der Waals surface area contributed by atoms with E-state index in [1.807, 2.05) is 0 Å². The fourth-order valence-electron chi connectivity index (χ4n) is 3.46. The first-order chi connectivity index (χ1) is 14.3. The molecule has 0 bridgehead atoms. The summed E-state index contributed by atoms with van der Waals surface area (Å²) >= 11 is 0. The number of rotatable bonds is 7. The van der Waals surface area contributed by atoms with Crippen molar-refractivity contribution in [3.8, 4) is 0 Å². The van der Waals surface area contributed by atoms with Gasteiger partial charge in [0.2, 0.25) is 10.0 Å². The maximum atomic E-state index is 13.4. The van der Waals surface area contributed by atoms with Gasteiger partial charge in [-0.1, -0.05) is 13.0 Å². The summed E-state index contributed by atoms with van der Waals surface area (Å²) in [4.78, 5) is 14.7. The van der Waals surface area contributed by atoms with Gasteiger partial charge in [0.25, 0.3) is 5.91 Å². The molecule has 6 nitrogen and oxygen atoms in total. The molecule has 30 heavy (non-hydrogen) atoms. The highest BCUT2D eigenvalue weighted by Crippen LogP contribution is 2.17. The van der Waals surface area contributed by atoms with Gasteiger partial charge >= 0.3 is 0 Å². The highest BCUT2D eigenvalue weighted by atomic mass is 32.2. The zero-order chi connectivity index (χ0) is 21.7. The van der Waals surface area contributed by atoms with Crippen LogP contribution in [0.2, 0.25) is 0 Å². The lowest BCUT2D eigenvalue weighted by atomic mass is 10.0. The smallest absolute Gasteiger partial charge is 0.251 e.